The first-order valence-electron chi connectivity index (χ1n) is 12.9. The molecule has 1 aromatic carbocycles. The van der Waals surface area contributed by atoms with E-state index in [1.165, 1.54) is 24.8 Å². The largest absolute Gasteiger partial charge is 0.264 e. The highest BCUT2D eigenvalue weighted by atomic mass is 19.1. The average molecular weight is 476 g/mol. The van der Waals surface area contributed by atoms with Gasteiger partial charge >= 0.3 is 0 Å². The van der Waals surface area contributed by atoms with Crippen LogP contribution in [0.5, 0.6) is 0 Å². The molecule has 0 aliphatic rings. The lowest BCUT2D eigenvalue weighted by atomic mass is 9.79. The first kappa shape index (κ1) is 30.4. The van der Waals surface area contributed by atoms with Gasteiger partial charge in [0.05, 0.1) is 5.70 Å². The van der Waals surface area contributed by atoms with Gasteiger partial charge in [-0.05, 0) is 86.1 Å². The van der Waals surface area contributed by atoms with Crippen LogP contribution in [0.2, 0.25) is 0 Å². The summed E-state index contributed by atoms with van der Waals surface area (Å²) in [5.74, 6) is 7.14. The molecule has 2 heteroatoms. The maximum Gasteiger partial charge on any atom is 0.108 e. The highest BCUT2D eigenvalue weighted by Crippen LogP contribution is 2.31. The summed E-state index contributed by atoms with van der Waals surface area (Å²) in [6.45, 7) is 20.3. The third-order valence-corrected chi connectivity index (χ3v) is 6.29. The van der Waals surface area contributed by atoms with E-state index in [0.29, 0.717) is 0 Å². The second kappa shape index (κ2) is 15.4. The number of hydrogen-bond donors (Lipinski definition) is 0. The van der Waals surface area contributed by atoms with Crippen LogP contribution in [0.3, 0.4) is 0 Å². The van der Waals surface area contributed by atoms with E-state index in [9.17, 15) is 4.39 Å². The molecule has 2 atom stereocenters. The second-order valence-corrected chi connectivity index (χ2v) is 10.4. The van der Waals surface area contributed by atoms with Gasteiger partial charge in [-0.3, -0.25) is 4.99 Å². The molecule has 2 unspecified atom stereocenters. The first-order chi connectivity index (χ1) is 16.6. The maximum atomic E-state index is 13.6. The molecule has 35 heavy (non-hydrogen) atoms. The van der Waals surface area contributed by atoms with Crippen molar-refractivity contribution in [2.75, 3.05) is 6.67 Å². The number of aliphatic imine (C=N–C) groups is 1. The van der Waals surface area contributed by atoms with Gasteiger partial charge in [-0.1, -0.05) is 89.8 Å². The van der Waals surface area contributed by atoms with Crippen LogP contribution in [-0.2, 0) is 6.42 Å². The Bertz CT molecular complexity index is 1000. The van der Waals surface area contributed by atoms with Gasteiger partial charge in [-0.2, -0.15) is 0 Å². The highest BCUT2D eigenvalue weighted by molar-refractivity contribution is 5.74. The van der Waals surface area contributed by atoms with E-state index >= 15 is 0 Å². The zero-order chi connectivity index (χ0) is 26.4. The molecule has 0 saturated heterocycles. The minimum absolute atomic E-state index is 0.0337. The number of benzene rings is 1. The molecule has 0 radical (unpaired) electrons. The molecule has 0 saturated carbocycles. The summed E-state index contributed by atoms with van der Waals surface area (Å²) in [5, 5.41) is 0. The highest BCUT2D eigenvalue weighted by Gasteiger charge is 2.21. The van der Waals surface area contributed by atoms with Gasteiger partial charge in [-0.15, -0.1) is 5.92 Å². The van der Waals surface area contributed by atoms with Crippen molar-refractivity contribution in [2.24, 2.45) is 22.2 Å². The van der Waals surface area contributed by atoms with Gasteiger partial charge in [0.2, 0.25) is 0 Å². The van der Waals surface area contributed by atoms with Gasteiger partial charge in [0.25, 0.3) is 0 Å². The number of aryl methyl sites for hydroxylation is 2. The third-order valence-electron chi connectivity index (χ3n) is 6.29. The maximum absolute atomic E-state index is 13.6. The predicted molar refractivity (Wildman–Crippen MR) is 154 cm³/mol. The monoisotopic (exact) mass is 475 g/mol. The minimum Gasteiger partial charge on any atom is -0.264 e. The Balaban J connectivity index is 3.44. The van der Waals surface area contributed by atoms with Crippen LogP contribution in [0.25, 0.3) is 5.70 Å². The number of rotatable bonds is 12. The normalized spacial score (nSPS) is 15.1. The molecule has 0 aliphatic heterocycles. The minimum atomic E-state index is -0.557. The van der Waals surface area contributed by atoms with Crippen LogP contribution in [-0.4, -0.2) is 13.4 Å². The van der Waals surface area contributed by atoms with Crippen LogP contribution in [0.4, 0.5) is 4.39 Å². The summed E-state index contributed by atoms with van der Waals surface area (Å²) in [7, 11) is 0. The number of alkyl halides is 1. The number of halogens is 1. The van der Waals surface area contributed by atoms with Crippen molar-refractivity contribution in [3.8, 4) is 11.8 Å². The topological polar surface area (TPSA) is 12.4 Å². The van der Waals surface area contributed by atoms with E-state index < -0.39 is 6.67 Å². The molecule has 0 aromatic heterocycles. The molecule has 0 aliphatic carbocycles. The summed E-state index contributed by atoms with van der Waals surface area (Å²) < 4.78 is 13.6. The average Bonchev–Trinajstić information content (AvgIpc) is 2.79. The SMILES string of the molecule is C=N\C(=C/C(=C\CF)C(/C=C\C)=C\C(C#CC)C(C)(C)C)c1ccc(CCC(C)CCC)cc1C. The van der Waals surface area contributed by atoms with Crippen molar-refractivity contribution >= 4 is 12.4 Å². The molecule has 0 heterocycles. The molecule has 0 amide bonds. The van der Waals surface area contributed by atoms with Crippen LogP contribution < -0.4 is 0 Å². The van der Waals surface area contributed by atoms with Crippen molar-refractivity contribution in [2.45, 2.75) is 81.1 Å². The van der Waals surface area contributed by atoms with Crippen LogP contribution >= 0.6 is 0 Å². The van der Waals surface area contributed by atoms with E-state index in [1.54, 1.807) is 6.08 Å². The van der Waals surface area contributed by atoms with Crippen molar-refractivity contribution < 1.29 is 4.39 Å². The summed E-state index contributed by atoms with van der Waals surface area (Å²) in [6.07, 6.45) is 14.5. The van der Waals surface area contributed by atoms with E-state index in [1.807, 2.05) is 32.1 Å². The molecule has 0 N–H and O–H groups in total. The molecular weight excluding hydrogens is 429 g/mol. The molecule has 1 aromatic rings. The summed E-state index contributed by atoms with van der Waals surface area (Å²) in [6, 6.07) is 6.57. The molecule has 1 nitrogen and oxygen atoms in total. The van der Waals surface area contributed by atoms with E-state index in [4.69, 9.17) is 0 Å². The molecule has 190 valence electrons. The number of hydrogen-bond acceptors (Lipinski definition) is 1. The van der Waals surface area contributed by atoms with Crippen LogP contribution in [0, 0.1) is 36.0 Å². The smallest absolute Gasteiger partial charge is 0.108 e. The lowest BCUT2D eigenvalue weighted by Crippen LogP contribution is -2.17. The van der Waals surface area contributed by atoms with Crippen molar-refractivity contribution in [1.82, 2.24) is 0 Å². The van der Waals surface area contributed by atoms with Gasteiger partial charge in [-0.25, -0.2) is 4.39 Å². The Kier molecular flexibility index (Phi) is 13.3. The molecule has 0 fully saturated rings. The molecule has 0 bridgehead atoms. The fourth-order valence-electron chi connectivity index (χ4n) is 4.19. The molecule has 0 spiro atoms. The van der Waals surface area contributed by atoms with Crippen molar-refractivity contribution in [3.05, 3.63) is 76.4 Å². The van der Waals surface area contributed by atoms with E-state index in [-0.39, 0.29) is 11.3 Å². The number of nitrogens with zero attached hydrogens (tertiary/aromatic N) is 1. The van der Waals surface area contributed by atoms with Gasteiger partial charge in [0.1, 0.15) is 6.67 Å². The molecular formula is C33H46FN. The fraction of sp³-hybridized carbons (Fsp3) is 0.485. The lowest BCUT2D eigenvalue weighted by Gasteiger charge is -2.24. The predicted octanol–water partition coefficient (Wildman–Crippen LogP) is 9.49. The second-order valence-electron chi connectivity index (χ2n) is 10.4. The third kappa shape index (κ3) is 10.2. The van der Waals surface area contributed by atoms with E-state index in [0.717, 1.165) is 40.3 Å². The Morgan fingerprint density at radius 1 is 1.20 bits per heavy atom. The Hall–Kier alpha value is -2.66. The quantitative estimate of drug-likeness (QED) is 0.162. The van der Waals surface area contributed by atoms with Crippen LogP contribution in [0.1, 0.15) is 84.4 Å². The summed E-state index contributed by atoms with van der Waals surface area (Å²) in [4.78, 5) is 4.34. The Morgan fingerprint density at radius 2 is 1.91 bits per heavy atom. The van der Waals surface area contributed by atoms with Gasteiger partial charge in [0, 0.05) is 11.5 Å². The zero-order valence-electron chi connectivity index (χ0n) is 23.3. The van der Waals surface area contributed by atoms with Gasteiger partial charge in [0.15, 0.2) is 0 Å². The van der Waals surface area contributed by atoms with Crippen LogP contribution in [0.15, 0.2) is 64.7 Å². The summed E-state index contributed by atoms with van der Waals surface area (Å²) >= 11 is 0. The zero-order valence-corrected chi connectivity index (χ0v) is 23.3. The lowest BCUT2D eigenvalue weighted by molar-refractivity contribution is 0.352. The van der Waals surface area contributed by atoms with Crippen molar-refractivity contribution in [3.63, 3.8) is 0 Å². The Labute approximate surface area is 215 Å². The fourth-order valence-corrected chi connectivity index (χ4v) is 4.19. The molecule has 1 rings (SSSR count). The number of allylic oxidation sites excluding steroid dienone is 7. The summed E-state index contributed by atoms with van der Waals surface area (Å²) in [5.41, 5.74) is 5.96. The first-order valence-corrected chi connectivity index (χ1v) is 12.9. The van der Waals surface area contributed by atoms with Gasteiger partial charge < -0.3 is 0 Å². The van der Waals surface area contributed by atoms with E-state index in [2.05, 4.69) is 89.4 Å². The Morgan fingerprint density at radius 3 is 2.43 bits per heavy atom. The standard InChI is InChI=1S/C33H46FN/c1-10-13-25(4)16-17-27-18-19-31(26(5)22-27)32(35-9)24-29(20-21-34)28(14-11-2)23-30(15-12-3)33(6,7)8/h11,14,18-20,22-25,30H,9-10,13,16-17,21H2,1-8H3/b14-11-,28-23-,29-20+,32-24-. The van der Waals surface area contributed by atoms with Crippen molar-refractivity contribution in [1.29, 1.82) is 0 Å².